The number of thiazole rings is 1. The molecule has 1 N–H and O–H groups in total. The average molecular weight is 297 g/mol. The SMILES string of the molecule is CCNCc1cnc(-c2ccccc2Br)s1. The van der Waals surface area contributed by atoms with Gasteiger partial charge in [0.05, 0.1) is 0 Å². The summed E-state index contributed by atoms with van der Waals surface area (Å²) in [6, 6.07) is 8.17. The summed E-state index contributed by atoms with van der Waals surface area (Å²) in [5.41, 5.74) is 1.16. The van der Waals surface area contributed by atoms with E-state index in [0.717, 1.165) is 28.1 Å². The van der Waals surface area contributed by atoms with E-state index in [1.807, 2.05) is 24.4 Å². The van der Waals surface area contributed by atoms with Crippen molar-refractivity contribution in [2.45, 2.75) is 13.5 Å². The Morgan fingerprint density at radius 1 is 1.38 bits per heavy atom. The molecule has 0 aliphatic carbocycles. The fraction of sp³-hybridized carbons (Fsp3) is 0.250. The highest BCUT2D eigenvalue weighted by Crippen LogP contribution is 2.30. The number of nitrogens with one attached hydrogen (secondary N) is 1. The zero-order chi connectivity index (χ0) is 11.4. The van der Waals surface area contributed by atoms with Gasteiger partial charge in [-0.25, -0.2) is 4.98 Å². The van der Waals surface area contributed by atoms with Crippen molar-refractivity contribution in [1.29, 1.82) is 0 Å². The molecule has 16 heavy (non-hydrogen) atoms. The van der Waals surface area contributed by atoms with Crippen molar-refractivity contribution in [1.82, 2.24) is 10.3 Å². The summed E-state index contributed by atoms with van der Waals surface area (Å²) in [5, 5.41) is 4.37. The van der Waals surface area contributed by atoms with E-state index in [1.54, 1.807) is 11.3 Å². The average Bonchev–Trinajstić information content (AvgIpc) is 2.75. The van der Waals surface area contributed by atoms with Crippen molar-refractivity contribution in [3.63, 3.8) is 0 Å². The highest BCUT2D eigenvalue weighted by atomic mass is 79.9. The Hall–Kier alpha value is -0.710. The Morgan fingerprint density at radius 2 is 2.19 bits per heavy atom. The lowest BCUT2D eigenvalue weighted by Gasteiger charge is -1.99. The number of halogens is 1. The summed E-state index contributed by atoms with van der Waals surface area (Å²) in [5.74, 6) is 0. The van der Waals surface area contributed by atoms with Gasteiger partial charge in [-0.2, -0.15) is 0 Å². The van der Waals surface area contributed by atoms with Gasteiger partial charge in [0.25, 0.3) is 0 Å². The van der Waals surface area contributed by atoms with Crippen molar-refractivity contribution in [2.75, 3.05) is 6.54 Å². The summed E-state index contributed by atoms with van der Waals surface area (Å²) in [7, 11) is 0. The van der Waals surface area contributed by atoms with E-state index in [4.69, 9.17) is 0 Å². The molecule has 0 unspecified atom stereocenters. The van der Waals surface area contributed by atoms with Gasteiger partial charge in [-0.15, -0.1) is 11.3 Å². The van der Waals surface area contributed by atoms with Crippen LogP contribution in [0.25, 0.3) is 10.6 Å². The first-order valence-corrected chi connectivity index (χ1v) is 6.82. The fourth-order valence-corrected chi connectivity index (χ4v) is 2.92. The maximum absolute atomic E-state index is 4.45. The molecule has 0 saturated heterocycles. The fourth-order valence-electron chi connectivity index (χ4n) is 1.40. The molecule has 1 aromatic carbocycles. The number of aromatic nitrogens is 1. The summed E-state index contributed by atoms with van der Waals surface area (Å²) in [4.78, 5) is 5.72. The van der Waals surface area contributed by atoms with Crippen LogP contribution in [-0.4, -0.2) is 11.5 Å². The second-order valence-electron chi connectivity index (χ2n) is 3.39. The van der Waals surface area contributed by atoms with E-state index < -0.39 is 0 Å². The van der Waals surface area contributed by atoms with Gasteiger partial charge in [-0.3, -0.25) is 0 Å². The largest absolute Gasteiger partial charge is 0.312 e. The number of hydrogen-bond donors (Lipinski definition) is 1. The van der Waals surface area contributed by atoms with Crippen molar-refractivity contribution in [2.24, 2.45) is 0 Å². The van der Waals surface area contributed by atoms with Crippen LogP contribution < -0.4 is 5.32 Å². The Kier molecular flexibility index (Phi) is 4.09. The predicted molar refractivity (Wildman–Crippen MR) is 72.6 cm³/mol. The second kappa shape index (κ2) is 5.57. The molecule has 4 heteroatoms. The molecule has 0 fully saturated rings. The molecule has 0 aliphatic rings. The molecule has 0 atom stereocenters. The van der Waals surface area contributed by atoms with Crippen molar-refractivity contribution < 1.29 is 0 Å². The number of hydrogen-bond acceptors (Lipinski definition) is 3. The quantitative estimate of drug-likeness (QED) is 0.931. The van der Waals surface area contributed by atoms with Gasteiger partial charge < -0.3 is 5.32 Å². The van der Waals surface area contributed by atoms with Gasteiger partial charge in [-0.1, -0.05) is 41.1 Å². The van der Waals surface area contributed by atoms with E-state index in [-0.39, 0.29) is 0 Å². The smallest absolute Gasteiger partial charge is 0.124 e. The van der Waals surface area contributed by atoms with Crippen molar-refractivity contribution >= 4 is 27.3 Å². The minimum Gasteiger partial charge on any atom is -0.312 e. The topological polar surface area (TPSA) is 24.9 Å². The van der Waals surface area contributed by atoms with E-state index in [0.29, 0.717) is 0 Å². The molecular weight excluding hydrogens is 284 g/mol. The molecule has 1 heterocycles. The van der Waals surface area contributed by atoms with Crippen molar-refractivity contribution in [3.05, 3.63) is 39.8 Å². The molecule has 1 aromatic heterocycles. The second-order valence-corrected chi connectivity index (χ2v) is 5.36. The van der Waals surface area contributed by atoms with E-state index in [9.17, 15) is 0 Å². The predicted octanol–water partition coefficient (Wildman–Crippen LogP) is 3.68. The zero-order valence-corrected chi connectivity index (χ0v) is 11.4. The van der Waals surface area contributed by atoms with Crippen LogP contribution >= 0.6 is 27.3 Å². The Morgan fingerprint density at radius 3 is 2.94 bits per heavy atom. The van der Waals surface area contributed by atoms with Gasteiger partial charge >= 0.3 is 0 Å². The number of nitrogens with zero attached hydrogens (tertiary/aromatic N) is 1. The van der Waals surface area contributed by atoms with Crippen LogP contribution in [0.15, 0.2) is 34.9 Å². The summed E-state index contributed by atoms with van der Waals surface area (Å²) in [6.45, 7) is 4.00. The highest BCUT2D eigenvalue weighted by Gasteiger charge is 2.06. The van der Waals surface area contributed by atoms with Crippen LogP contribution in [-0.2, 0) is 6.54 Å². The molecule has 2 aromatic rings. The summed E-state index contributed by atoms with van der Waals surface area (Å²) < 4.78 is 1.10. The normalized spacial score (nSPS) is 10.6. The lowest BCUT2D eigenvalue weighted by atomic mass is 10.2. The first kappa shape index (κ1) is 11.8. The van der Waals surface area contributed by atoms with Crippen LogP contribution in [0.5, 0.6) is 0 Å². The maximum Gasteiger partial charge on any atom is 0.124 e. The summed E-state index contributed by atoms with van der Waals surface area (Å²) in [6.07, 6.45) is 1.95. The molecule has 0 aliphatic heterocycles. The molecule has 0 bridgehead atoms. The molecule has 0 spiro atoms. The Labute approximate surface area is 108 Å². The zero-order valence-electron chi connectivity index (χ0n) is 9.03. The van der Waals surface area contributed by atoms with Gasteiger partial charge in [0.2, 0.25) is 0 Å². The Balaban J connectivity index is 2.22. The maximum atomic E-state index is 4.45. The van der Waals surface area contributed by atoms with Gasteiger partial charge in [0, 0.05) is 27.7 Å². The minimum absolute atomic E-state index is 0.901. The third-order valence-corrected chi connectivity index (χ3v) is 3.93. The highest BCUT2D eigenvalue weighted by molar-refractivity contribution is 9.10. The van der Waals surface area contributed by atoms with Gasteiger partial charge in [0.1, 0.15) is 5.01 Å². The monoisotopic (exact) mass is 296 g/mol. The van der Waals surface area contributed by atoms with E-state index in [2.05, 4.69) is 39.2 Å². The number of benzene rings is 1. The van der Waals surface area contributed by atoms with Crippen LogP contribution in [0.4, 0.5) is 0 Å². The van der Waals surface area contributed by atoms with Crippen LogP contribution in [0, 0.1) is 0 Å². The molecule has 84 valence electrons. The van der Waals surface area contributed by atoms with Crippen molar-refractivity contribution in [3.8, 4) is 10.6 Å². The first-order valence-electron chi connectivity index (χ1n) is 5.21. The Bertz CT molecular complexity index is 468. The molecule has 2 rings (SSSR count). The van der Waals surface area contributed by atoms with Gasteiger partial charge in [-0.05, 0) is 12.6 Å². The molecule has 0 amide bonds. The summed E-state index contributed by atoms with van der Waals surface area (Å²) >= 11 is 5.28. The molecule has 0 saturated carbocycles. The van der Waals surface area contributed by atoms with Crippen LogP contribution in [0.3, 0.4) is 0 Å². The lowest BCUT2D eigenvalue weighted by Crippen LogP contribution is -2.10. The molecular formula is C12H13BrN2S. The third kappa shape index (κ3) is 2.70. The van der Waals surface area contributed by atoms with Gasteiger partial charge in [0.15, 0.2) is 0 Å². The van der Waals surface area contributed by atoms with Crippen LogP contribution in [0.1, 0.15) is 11.8 Å². The van der Waals surface area contributed by atoms with Crippen LogP contribution in [0.2, 0.25) is 0 Å². The third-order valence-electron chi connectivity index (χ3n) is 2.21. The molecule has 2 nitrogen and oxygen atoms in total. The van der Waals surface area contributed by atoms with E-state index in [1.165, 1.54) is 4.88 Å². The standard InChI is InChI=1S/C12H13BrN2S/c1-2-14-7-9-8-15-12(16-9)10-5-3-4-6-11(10)13/h3-6,8,14H,2,7H2,1H3. The number of rotatable bonds is 4. The molecule has 0 radical (unpaired) electrons. The van der Waals surface area contributed by atoms with E-state index >= 15 is 0 Å². The minimum atomic E-state index is 0.901. The lowest BCUT2D eigenvalue weighted by molar-refractivity contribution is 0.734. The first-order chi connectivity index (χ1) is 7.81.